The number of para-hydroxylation sites is 1. The van der Waals surface area contributed by atoms with Crippen LogP contribution in [0.1, 0.15) is 149 Å². The molecule has 1 heterocycles. The molecule has 0 radical (unpaired) electrons. The van der Waals surface area contributed by atoms with Crippen LogP contribution in [0.3, 0.4) is 0 Å². The van der Waals surface area contributed by atoms with Crippen LogP contribution in [0.15, 0.2) is 140 Å². The first-order valence-electron chi connectivity index (χ1n) is 35.5. The van der Waals surface area contributed by atoms with Crippen LogP contribution >= 0.6 is 23.5 Å². The van der Waals surface area contributed by atoms with Gasteiger partial charge in [0.15, 0.2) is 0 Å². The van der Waals surface area contributed by atoms with Crippen LogP contribution in [0.5, 0.6) is 5.75 Å². The number of unbranched alkanes of at least 4 members (excludes halogenated alkanes) is 1. The molecule has 0 saturated heterocycles. The maximum atomic E-state index is 15.6. The summed E-state index contributed by atoms with van der Waals surface area (Å²) in [4.78, 5) is 159. The van der Waals surface area contributed by atoms with Gasteiger partial charge in [-0.25, -0.2) is 4.79 Å². The number of aromatic nitrogens is 1. The van der Waals surface area contributed by atoms with Crippen LogP contribution in [0, 0.1) is 6.92 Å². The minimum Gasteiger partial charge on any atom is -0.494 e. The van der Waals surface area contributed by atoms with E-state index in [1.807, 2.05) is 123 Å². The first kappa shape index (κ1) is 85.2. The summed E-state index contributed by atoms with van der Waals surface area (Å²) in [5.74, 6) is -7.96. The van der Waals surface area contributed by atoms with Gasteiger partial charge in [0.05, 0.1) is 42.5 Å². The molecule has 572 valence electrons. The molecule has 0 spiro atoms. The van der Waals surface area contributed by atoms with E-state index in [0.29, 0.717) is 35.3 Å². The van der Waals surface area contributed by atoms with Crippen molar-refractivity contribution in [1.29, 1.82) is 0 Å². The molecular weight excluding hydrogens is 1390 g/mol. The van der Waals surface area contributed by atoms with Crippen LogP contribution in [-0.4, -0.2) is 160 Å². The van der Waals surface area contributed by atoms with Crippen LogP contribution in [0.2, 0.25) is 0 Å². The maximum absolute atomic E-state index is 15.6. The number of nitrogens with one attached hydrogen (secondary N) is 10. The Bertz CT molecular complexity index is 3890. The lowest BCUT2D eigenvalue weighted by atomic mass is 9.84. The smallest absolute Gasteiger partial charge is 0.328 e. The Labute approximate surface area is 629 Å². The van der Waals surface area contributed by atoms with Crippen molar-refractivity contribution in [1.82, 2.24) is 52.8 Å². The zero-order chi connectivity index (χ0) is 78.1. The Morgan fingerprint density at radius 3 is 1.60 bits per heavy atom. The highest BCUT2D eigenvalue weighted by Crippen LogP contribution is 2.54. The van der Waals surface area contributed by atoms with E-state index in [4.69, 9.17) is 19.9 Å². The second kappa shape index (κ2) is 39.6. The molecule has 6 aromatic rings. The summed E-state index contributed by atoms with van der Waals surface area (Å²) < 4.78 is 13.7. The molecule has 0 bridgehead atoms. The highest BCUT2D eigenvalue weighted by Gasteiger charge is 2.49. The number of aryl methyl sites for hydroxylation is 1. The topological polar surface area (TPSA) is 366 Å². The van der Waals surface area contributed by atoms with Crippen molar-refractivity contribution in [3.8, 4) is 5.75 Å². The number of H-pyrrole nitrogens is 1. The second-order valence-corrected chi connectivity index (χ2v) is 31.7. The summed E-state index contributed by atoms with van der Waals surface area (Å²) in [5, 5.41) is 25.7. The fourth-order valence-electron chi connectivity index (χ4n) is 12.3. The second-order valence-electron chi connectivity index (χ2n) is 28.2. The standard InChI is InChI=1S/C79H105N11O14S2/c1-15-42-103-58-39-37-53(38-40-58)43-63(75(101)102-14)88-73(99)67(77(10,11)105-47-83-51(5)92)90-69(95)60(36-25-26-41-81-50(4)91)85-70(96)61(44-54-46-82-65-48(2)28-27-35-59(54)65)86-72(98)66(49(3)104-76(7,8)9)89-71(97)62(45-64(80)94)87-74(100)68(84-52(6)93)78(12,13)106-79(55-29-19-16-20-30-55,56-31-21-17-22-32-56)57-33-23-18-24-34-57/h16-24,27-35,37-40,46,49,60-63,66-68,82H,15,25-26,36,41-45,47H2,1-14H3,(H2,80,94)(H,81,91)(H,83,92)(H,84,93)(H,85,96)(H,86,98)(H,87,100)(H,88,99)(H,89,97)(H,90,95)/t49-,60+,61+,62+,63+,66+,67-,68-/m1/s1. The monoisotopic (exact) mass is 1500 g/mol. The zero-order valence-corrected chi connectivity index (χ0v) is 64.7. The van der Waals surface area contributed by atoms with Crippen molar-refractivity contribution >= 4 is 99.5 Å². The highest BCUT2D eigenvalue weighted by molar-refractivity contribution is 8.02. The van der Waals surface area contributed by atoms with Gasteiger partial charge in [-0.05, 0) is 134 Å². The van der Waals surface area contributed by atoms with E-state index in [0.717, 1.165) is 46.0 Å². The number of ether oxygens (including phenoxy) is 3. The Hall–Kier alpha value is -9.73. The van der Waals surface area contributed by atoms with Crippen molar-refractivity contribution in [2.45, 2.75) is 203 Å². The molecule has 0 aliphatic carbocycles. The molecule has 106 heavy (non-hydrogen) atoms. The molecule has 0 unspecified atom stereocenters. The Morgan fingerprint density at radius 1 is 0.547 bits per heavy atom. The number of carbonyl (C=O) groups is 11. The van der Waals surface area contributed by atoms with Gasteiger partial charge in [-0.3, -0.25) is 47.9 Å². The van der Waals surface area contributed by atoms with E-state index in [9.17, 15) is 28.8 Å². The number of thioether (sulfide) groups is 2. The van der Waals surface area contributed by atoms with E-state index in [-0.39, 0.29) is 49.9 Å². The van der Waals surface area contributed by atoms with Gasteiger partial charge in [0.25, 0.3) is 0 Å². The van der Waals surface area contributed by atoms with Gasteiger partial charge in [0.2, 0.25) is 59.1 Å². The molecule has 0 fully saturated rings. The number of methoxy groups -OCH3 is 1. The van der Waals surface area contributed by atoms with Crippen LogP contribution in [-0.2, 0) is 79.8 Å². The summed E-state index contributed by atoms with van der Waals surface area (Å²) in [6.07, 6.45) is 0.658. The number of fused-ring (bicyclic) bond motifs is 1. The average molecular weight is 1500 g/mol. The number of hydrogen-bond acceptors (Lipinski definition) is 16. The summed E-state index contributed by atoms with van der Waals surface area (Å²) >= 11 is 2.50. The molecule has 0 aliphatic heterocycles. The number of nitrogens with two attached hydrogens (primary N) is 1. The van der Waals surface area contributed by atoms with Gasteiger partial charge in [-0.2, -0.15) is 0 Å². The highest BCUT2D eigenvalue weighted by atomic mass is 32.2. The molecule has 12 N–H and O–H groups in total. The number of hydrogen-bond donors (Lipinski definition) is 11. The Balaban J connectivity index is 1.38. The Kier molecular flexibility index (Phi) is 31.8. The number of primary amides is 1. The van der Waals surface area contributed by atoms with Crippen molar-refractivity contribution in [3.63, 3.8) is 0 Å². The molecule has 5 aromatic carbocycles. The lowest BCUT2D eigenvalue weighted by molar-refractivity contribution is -0.145. The van der Waals surface area contributed by atoms with Crippen molar-refractivity contribution in [3.05, 3.63) is 173 Å². The maximum Gasteiger partial charge on any atom is 0.328 e. The van der Waals surface area contributed by atoms with Crippen molar-refractivity contribution in [2.24, 2.45) is 5.73 Å². The number of esters is 1. The molecule has 0 saturated carbocycles. The van der Waals surface area contributed by atoms with Gasteiger partial charge in [0, 0.05) is 66.8 Å². The third kappa shape index (κ3) is 25.0. The first-order valence-corrected chi connectivity index (χ1v) is 37.3. The van der Waals surface area contributed by atoms with Gasteiger partial charge in [-0.15, -0.1) is 23.5 Å². The molecule has 6 rings (SSSR count). The summed E-state index contributed by atoms with van der Waals surface area (Å²) in [6, 6.07) is 30.8. The molecule has 0 aliphatic rings. The quantitative estimate of drug-likeness (QED) is 0.00788. The third-order valence-electron chi connectivity index (χ3n) is 17.5. The predicted octanol–water partition coefficient (Wildman–Crippen LogP) is 7.13. The van der Waals surface area contributed by atoms with Crippen molar-refractivity contribution < 1.29 is 67.0 Å². The predicted molar refractivity (Wildman–Crippen MR) is 412 cm³/mol. The molecule has 10 amide bonds. The van der Waals surface area contributed by atoms with E-state index in [1.54, 1.807) is 78.9 Å². The number of carbonyl (C=O) groups excluding carboxylic acids is 11. The summed E-state index contributed by atoms with van der Waals surface area (Å²) in [5.41, 5.74) is 10.2. The number of amides is 10. The fraction of sp³-hybridized carbons (Fsp3) is 0.456. The van der Waals surface area contributed by atoms with Gasteiger partial charge < -0.3 is 72.8 Å². The van der Waals surface area contributed by atoms with Crippen LogP contribution < -0.4 is 58.3 Å². The van der Waals surface area contributed by atoms with Crippen LogP contribution in [0.4, 0.5) is 0 Å². The van der Waals surface area contributed by atoms with E-state index in [2.05, 4.69) is 52.8 Å². The molecule has 25 nitrogen and oxygen atoms in total. The number of rotatable bonds is 40. The first-order chi connectivity index (χ1) is 50.1. The van der Waals surface area contributed by atoms with Crippen molar-refractivity contribution in [2.75, 3.05) is 26.1 Å². The number of aromatic amines is 1. The third-order valence-corrected chi connectivity index (χ3v) is 20.6. The summed E-state index contributed by atoms with van der Waals surface area (Å²) in [6.45, 7) is 22.0. The molecular formula is C79H105N11O14S2. The van der Waals surface area contributed by atoms with E-state index in [1.165, 1.54) is 46.6 Å². The van der Waals surface area contributed by atoms with Crippen LogP contribution in [0.25, 0.3) is 10.9 Å². The largest absolute Gasteiger partial charge is 0.494 e. The summed E-state index contributed by atoms with van der Waals surface area (Å²) in [7, 11) is 1.17. The zero-order valence-electron chi connectivity index (χ0n) is 63.1. The molecule has 1 aromatic heterocycles. The van der Waals surface area contributed by atoms with Gasteiger partial charge >= 0.3 is 5.97 Å². The Morgan fingerprint density at radius 2 is 1.08 bits per heavy atom. The minimum atomic E-state index is -1.78. The SMILES string of the molecule is CCCOc1ccc(C[C@H](NC(=O)[C@@H](NC(=O)[C@H](CCCCNC(C)=O)NC(=O)[C@H](Cc2c[nH]c3c(C)cccc23)NC(=O)[C@@H](NC(=O)[C@H](CC(N)=O)NC(=O)[C@@H](NC(C)=O)C(C)(C)SC(c2ccccc2)(c2ccccc2)c2ccccc2)[C@@H](C)OC(C)(C)C)C(C)(C)SCNC(C)=O)C(=O)OC)cc1. The lowest BCUT2D eigenvalue weighted by Gasteiger charge is -2.44. The normalized spacial score (nSPS) is 14.0. The average Bonchev–Trinajstić information content (AvgIpc) is 0.904. The number of benzene rings is 5. The molecule has 27 heteroatoms. The van der Waals surface area contributed by atoms with E-state index < -0.39 is 128 Å². The van der Waals surface area contributed by atoms with E-state index >= 15 is 24.0 Å². The fourth-order valence-corrected chi connectivity index (χ4v) is 15.1. The minimum absolute atomic E-state index is 0.00783. The van der Waals surface area contributed by atoms with Gasteiger partial charge in [0.1, 0.15) is 48.0 Å². The lowest BCUT2D eigenvalue weighted by Crippen LogP contribution is -2.64. The van der Waals surface area contributed by atoms with Gasteiger partial charge in [-0.1, -0.05) is 128 Å². The molecule has 8 atom stereocenters.